The van der Waals surface area contributed by atoms with Crippen LogP contribution in [0.4, 0.5) is 0 Å². The SMILES string of the molecule is COP(=O)(OC)/C(=C/c1ccc(C)cc1)[Si](C)(C)C. The molecule has 5 heteroatoms. The van der Waals surface area contributed by atoms with Crippen LogP contribution < -0.4 is 0 Å². The molecule has 0 fully saturated rings. The van der Waals surface area contributed by atoms with E-state index in [0.29, 0.717) is 0 Å². The van der Waals surface area contributed by atoms with Crippen LogP contribution >= 0.6 is 7.60 Å². The summed E-state index contributed by atoms with van der Waals surface area (Å²) in [6.07, 6.45) is 1.96. The van der Waals surface area contributed by atoms with Gasteiger partial charge in [0.05, 0.1) is 8.07 Å². The molecule has 0 aromatic heterocycles. The maximum absolute atomic E-state index is 12.7. The van der Waals surface area contributed by atoms with Crippen molar-refractivity contribution < 1.29 is 13.6 Å². The van der Waals surface area contributed by atoms with Crippen LogP contribution in [-0.2, 0) is 13.6 Å². The molecule has 0 radical (unpaired) electrons. The molecule has 0 saturated heterocycles. The Morgan fingerprint density at radius 2 is 1.58 bits per heavy atom. The van der Waals surface area contributed by atoms with E-state index in [1.165, 1.54) is 19.8 Å². The minimum Gasteiger partial charge on any atom is -0.309 e. The standard InChI is InChI=1S/C14H23O3PSi/c1-12-7-9-13(10-8-12)11-14(19(4,5)6)18(15,16-2)17-3/h7-11H,1-6H3/b14-11-. The van der Waals surface area contributed by atoms with Crippen LogP contribution in [0.25, 0.3) is 6.08 Å². The zero-order valence-electron chi connectivity index (χ0n) is 12.6. The molecular weight excluding hydrogens is 275 g/mol. The van der Waals surface area contributed by atoms with Crippen molar-refractivity contribution in [2.24, 2.45) is 0 Å². The highest BCUT2D eigenvalue weighted by Gasteiger charge is 2.37. The van der Waals surface area contributed by atoms with Gasteiger partial charge in [-0.3, -0.25) is 4.57 Å². The summed E-state index contributed by atoms with van der Waals surface area (Å²) in [4.78, 5) is 0.814. The topological polar surface area (TPSA) is 35.5 Å². The monoisotopic (exact) mass is 298 g/mol. The van der Waals surface area contributed by atoms with Gasteiger partial charge in [-0.2, -0.15) is 0 Å². The maximum atomic E-state index is 12.7. The predicted octanol–water partition coefficient (Wildman–Crippen LogP) is 4.70. The first kappa shape index (κ1) is 16.4. The lowest BCUT2D eigenvalue weighted by Crippen LogP contribution is -2.24. The van der Waals surface area contributed by atoms with Gasteiger partial charge in [0.1, 0.15) is 0 Å². The average Bonchev–Trinajstić information content (AvgIpc) is 2.36. The van der Waals surface area contributed by atoms with Crippen molar-refractivity contribution in [2.75, 3.05) is 14.2 Å². The first-order chi connectivity index (χ1) is 8.73. The highest BCUT2D eigenvalue weighted by molar-refractivity contribution is 7.63. The molecule has 19 heavy (non-hydrogen) atoms. The quantitative estimate of drug-likeness (QED) is 0.584. The third kappa shape index (κ3) is 4.15. The maximum Gasteiger partial charge on any atom is 0.352 e. The van der Waals surface area contributed by atoms with E-state index >= 15 is 0 Å². The minimum absolute atomic E-state index is 0.814. The van der Waals surface area contributed by atoms with E-state index in [9.17, 15) is 4.57 Å². The fourth-order valence-electron chi connectivity index (χ4n) is 1.80. The molecule has 1 rings (SSSR count). The number of hydrogen-bond donors (Lipinski definition) is 0. The largest absolute Gasteiger partial charge is 0.352 e. The third-order valence-electron chi connectivity index (χ3n) is 2.92. The van der Waals surface area contributed by atoms with Crippen molar-refractivity contribution in [3.63, 3.8) is 0 Å². The van der Waals surface area contributed by atoms with Gasteiger partial charge in [0.25, 0.3) is 0 Å². The Morgan fingerprint density at radius 1 is 1.11 bits per heavy atom. The fraction of sp³-hybridized carbons (Fsp3) is 0.429. The summed E-state index contributed by atoms with van der Waals surface area (Å²) in [5.41, 5.74) is 2.23. The first-order valence-electron chi connectivity index (χ1n) is 6.24. The van der Waals surface area contributed by atoms with Crippen LogP contribution in [-0.4, -0.2) is 22.3 Å². The molecule has 0 atom stereocenters. The lowest BCUT2D eigenvalue weighted by Gasteiger charge is -2.26. The van der Waals surface area contributed by atoms with Crippen molar-refractivity contribution in [2.45, 2.75) is 26.6 Å². The molecular formula is C14H23O3PSi. The molecule has 1 aromatic rings. The van der Waals surface area contributed by atoms with E-state index < -0.39 is 15.7 Å². The third-order valence-corrected chi connectivity index (χ3v) is 9.12. The Labute approximate surface area is 117 Å². The Bertz CT molecular complexity index is 492. The van der Waals surface area contributed by atoms with E-state index in [2.05, 4.69) is 19.6 Å². The van der Waals surface area contributed by atoms with Crippen LogP contribution in [0.5, 0.6) is 0 Å². The van der Waals surface area contributed by atoms with E-state index in [1.807, 2.05) is 37.3 Å². The predicted molar refractivity (Wildman–Crippen MR) is 84.1 cm³/mol. The van der Waals surface area contributed by atoms with E-state index in [-0.39, 0.29) is 0 Å². The molecule has 0 bridgehead atoms. The second-order valence-electron chi connectivity index (χ2n) is 5.55. The van der Waals surface area contributed by atoms with Gasteiger partial charge in [-0.25, -0.2) is 0 Å². The molecule has 0 aliphatic carbocycles. The first-order valence-corrected chi connectivity index (χ1v) is 11.3. The molecule has 3 nitrogen and oxygen atoms in total. The molecule has 0 amide bonds. The summed E-state index contributed by atoms with van der Waals surface area (Å²) in [5.74, 6) is 0. The summed E-state index contributed by atoms with van der Waals surface area (Å²) >= 11 is 0. The van der Waals surface area contributed by atoms with Gasteiger partial charge >= 0.3 is 7.60 Å². The summed E-state index contributed by atoms with van der Waals surface area (Å²) in [7, 11) is -2.10. The number of rotatable bonds is 5. The van der Waals surface area contributed by atoms with Crippen LogP contribution in [0.1, 0.15) is 11.1 Å². The summed E-state index contributed by atoms with van der Waals surface area (Å²) in [6.45, 7) is 8.45. The number of benzene rings is 1. The molecule has 0 heterocycles. The molecule has 0 N–H and O–H groups in total. The number of hydrogen-bond acceptors (Lipinski definition) is 3. The Balaban J connectivity index is 3.33. The van der Waals surface area contributed by atoms with Crippen molar-refractivity contribution in [1.29, 1.82) is 0 Å². The van der Waals surface area contributed by atoms with Gasteiger partial charge in [0.15, 0.2) is 0 Å². The van der Waals surface area contributed by atoms with Crippen molar-refractivity contribution >= 4 is 21.7 Å². The van der Waals surface area contributed by atoms with E-state index in [0.717, 1.165) is 10.5 Å². The summed E-state index contributed by atoms with van der Waals surface area (Å²) in [5, 5.41) is 0. The van der Waals surface area contributed by atoms with Gasteiger partial charge in [-0.05, 0) is 18.6 Å². The Morgan fingerprint density at radius 3 is 1.95 bits per heavy atom. The van der Waals surface area contributed by atoms with Gasteiger partial charge in [0, 0.05) is 19.2 Å². The lowest BCUT2D eigenvalue weighted by molar-refractivity contribution is 0.285. The molecule has 0 aliphatic rings. The zero-order chi connectivity index (χ0) is 14.7. The Hall–Kier alpha value is -0.673. The van der Waals surface area contributed by atoms with E-state index in [1.54, 1.807) is 0 Å². The lowest BCUT2D eigenvalue weighted by atomic mass is 10.1. The smallest absolute Gasteiger partial charge is 0.309 e. The van der Waals surface area contributed by atoms with Crippen molar-refractivity contribution in [3.05, 3.63) is 40.3 Å². The molecule has 106 valence electrons. The second kappa shape index (κ2) is 6.19. The highest BCUT2D eigenvalue weighted by atomic mass is 31.2. The molecule has 1 aromatic carbocycles. The van der Waals surface area contributed by atoms with Crippen LogP contribution in [0, 0.1) is 6.92 Å². The molecule has 0 spiro atoms. The number of aryl methyl sites for hydroxylation is 1. The second-order valence-corrected chi connectivity index (χ2v) is 13.2. The molecule has 0 unspecified atom stereocenters. The summed E-state index contributed by atoms with van der Waals surface area (Å²) < 4.78 is 23.0. The van der Waals surface area contributed by atoms with Gasteiger partial charge in [-0.15, -0.1) is 0 Å². The molecule has 0 saturated carbocycles. The summed E-state index contributed by atoms with van der Waals surface area (Å²) in [6, 6.07) is 8.12. The molecule has 0 aliphatic heterocycles. The Kier molecular flexibility index (Phi) is 5.33. The average molecular weight is 298 g/mol. The fourth-order valence-corrected chi connectivity index (χ4v) is 7.08. The van der Waals surface area contributed by atoms with Crippen molar-refractivity contribution in [1.82, 2.24) is 0 Å². The highest BCUT2D eigenvalue weighted by Crippen LogP contribution is 2.58. The van der Waals surface area contributed by atoms with Gasteiger partial charge < -0.3 is 9.05 Å². The van der Waals surface area contributed by atoms with Crippen LogP contribution in [0.3, 0.4) is 0 Å². The van der Waals surface area contributed by atoms with Crippen LogP contribution in [0.15, 0.2) is 29.2 Å². The zero-order valence-corrected chi connectivity index (χ0v) is 14.5. The van der Waals surface area contributed by atoms with Gasteiger partial charge in [-0.1, -0.05) is 49.5 Å². The van der Waals surface area contributed by atoms with Gasteiger partial charge in [0.2, 0.25) is 0 Å². The minimum atomic E-state index is -3.17. The van der Waals surface area contributed by atoms with Crippen LogP contribution in [0.2, 0.25) is 19.6 Å². The van der Waals surface area contributed by atoms with E-state index in [4.69, 9.17) is 9.05 Å². The normalized spacial score (nSPS) is 13.7. The van der Waals surface area contributed by atoms with Crippen molar-refractivity contribution in [3.8, 4) is 0 Å².